The first kappa shape index (κ1) is 23.1. The molecule has 2 aromatic heterocycles. The summed E-state index contributed by atoms with van der Waals surface area (Å²) >= 11 is 0. The van der Waals surface area contributed by atoms with Gasteiger partial charge in [-0.05, 0) is 32.6 Å². The highest BCUT2D eigenvalue weighted by molar-refractivity contribution is 6.13. The van der Waals surface area contributed by atoms with Crippen molar-refractivity contribution in [2.75, 3.05) is 54.1 Å². The van der Waals surface area contributed by atoms with Gasteiger partial charge >= 0.3 is 5.97 Å². The second-order valence-electron chi connectivity index (χ2n) is 9.19. The molecule has 11 heteroatoms. The summed E-state index contributed by atoms with van der Waals surface area (Å²) in [6, 6.07) is 2.29. The van der Waals surface area contributed by atoms with Gasteiger partial charge in [0.15, 0.2) is 0 Å². The average molecular weight is 480 g/mol. The highest BCUT2D eigenvalue weighted by Gasteiger charge is 2.36. The minimum absolute atomic E-state index is 0.0437. The molecule has 5 heterocycles. The van der Waals surface area contributed by atoms with Gasteiger partial charge in [-0.25, -0.2) is 9.97 Å². The molecule has 0 aliphatic carbocycles. The van der Waals surface area contributed by atoms with Crippen LogP contribution in [-0.4, -0.2) is 60.8 Å². The van der Waals surface area contributed by atoms with Gasteiger partial charge in [-0.2, -0.15) is 5.26 Å². The van der Waals surface area contributed by atoms with E-state index in [2.05, 4.69) is 16.0 Å². The van der Waals surface area contributed by atoms with E-state index in [0.29, 0.717) is 79.2 Å². The van der Waals surface area contributed by atoms with Crippen LogP contribution < -0.4 is 21.3 Å². The molecule has 1 atom stereocenters. The van der Waals surface area contributed by atoms with E-state index in [-0.39, 0.29) is 42.0 Å². The Morgan fingerprint density at radius 3 is 2.51 bits per heavy atom. The molecular weight excluding hydrogens is 450 g/mol. The van der Waals surface area contributed by atoms with E-state index < -0.39 is 0 Å². The van der Waals surface area contributed by atoms with Crippen LogP contribution in [0.15, 0.2) is 0 Å². The molecule has 0 bridgehead atoms. The molecule has 2 saturated heterocycles. The fourth-order valence-corrected chi connectivity index (χ4v) is 5.36. The fourth-order valence-electron chi connectivity index (χ4n) is 5.36. The number of nitrogens with zero attached hydrogens (tertiary/aromatic N) is 5. The molecule has 2 fully saturated rings. The molecule has 5 rings (SSSR count). The van der Waals surface area contributed by atoms with Crippen molar-refractivity contribution < 1.29 is 19.1 Å². The highest BCUT2D eigenvalue weighted by atomic mass is 16.5. The van der Waals surface area contributed by atoms with Crippen molar-refractivity contribution in [2.45, 2.75) is 45.1 Å². The first-order chi connectivity index (χ1) is 16.9. The summed E-state index contributed by atoms with van der Waals surface area (Å²) in [6.07, 6.45) is 3.09. The molecule has 35 heavy (non-hydrogen) atoms. The van der Waals surface area contributed by atoms with Crippen molar-refractivity contribution in [2.24, 2.45) is 5.92 Å². The Bertz CT molecular complexity index is 1230. The van der Waals surface area contributed by atoms with Crippen molar-refractivity contribution in [3.05, 3.63) is 11.1 Å². The lowest BCUT2D eigenvalue weighted by Crippen LogP contribution is -2.38. The number of anilines is 4. The Labute approximate surface area is 203 Å². The van der Waals surface area contributed by atoms with Gasteiger partial charge in [0.25, 0.3) is 0 Å². The number of fused-ring (bicyclic) bond motifs is 3. The second kappa shape index (κ2) is 9.19. The molecule has 1 amide bonds. The van der Waals surface area contributed by atoms with Gasteiger partial charge in [-0.1, -0.05) is 0 Å². The fraction of sp³-hybridized carbons (Fsp3) is 0.542. The molecule has 2 aromatic rings. The van der Waals surface area contributed by atoms with Gasteiger partial charge in [-0.15, -0.1) is 0 Å². The van der Waals surface area contributed by atoms with Gasteiger partial charge in [0, 0.05) is 30.6 Å². The van der Waals surface area contributed by atoms with E-state index in [1.165, 1.54) is 0 Å². The molecule has 4 N–H and O–H groups in total. The number of hydrogen-bond acceptors (Lipinski definition) is 10. The molecule has 3 aliphatic rings. The largest absolute Gasteiger partial charge is 0.466 e. The molecule has 0 saturated carbocycles. The maximum atomic E-state index is 13.0. The normalized spacial score (nSPS) is 20.3. The van der Waals surface area contributed by atoms with Gasteiger partial charge in [-0.3, -0.25) is 14.5 Å². The summed E-state index contributed by atoms with van der Waals surface area (Å²) in [4.78, 5) is 37.8. The first-order valence-electron chi connectivity index (χ1n) is 12.1. The zero-order chi connectivity index (χ0) is 24.7. The second-order valence-corrected chi connectivity index (χ2v) is 9.19. The number of aromatic nitrogens is 2. The van der Waals surface area contributed by atoms with Crippen LogP contribution in [0.4, 0.5) is 23.3 Å². The average Bonchev–Trinajstić information content (AvgIpc) is 3.47. The lowest BCUT2D eigenvalue weighted by Gasteiger charge is -2.32. The Hall–Kier alpha value is -3.65. The highest BCUT2D eigenvalue weighted by Crippen LogP contribution is 2.42. The van der Waals surface area contributed by atoms with Crippen molar-refractivity contribution in [3.63, 3.8) is 0 Å². The number of amides is 1. The van der Waals surface area contributed by atoms with Crippen molar-refractivity contribution in [3.8, 4) is 6.07 Å². The molecule has 3 aliphatic heterocycles. The lowest BCUT2D eigenvalue weighted by molar-refractivity contribution is -0.148. The number of carbonyl (C=O) groups excluding carboxylic acids is 2. The molecule has 0 aromatic carbocycles. The number of rotatable bonds is 5. The zero-order valence-corrected chi connectivity index (χ0v) is 19.7. The van der Waals surface area contributed by atoms with E-state index in [4.69, 9.17) is 20.9 Å². The van der Waals surface area contributed by atoms with E-state index >= 15 is 0 Å². The third-order valence-electron chi connectivity index (χ3n) is 7.08. The monoisotopic (exact) mass is 479 g/mol. The third-order valence-corrected chi connectivity index (χ3v) is 7.08. The van der Waals surface area contributed by atoms with Crippen LogP contribution in [0.25, 0.3) is 10.8 Å². The Balaban J connectivity index is 1.55. The summed E-state index contributed by atoms with van der Waals surface area (Å²) in [5.41, 5.74) is 13.6. The minimum Gasteiger partial charge on any atom is -0.466 e. The van der Waals surface area contributed by atoms with Crippen LogP contribution >= 0.6 is 0 Å². The number of nitrogens with two attached hydrogens (primary N) is 2. The number of nitriles is 1. The predicted octanol–water partition coefficient (Wildman–Crippen LogP) is 1.51. The quantitative estimate of drug-likeness (QED) is 0.601. The number of ether oxygens (including phenoxy) is 2. The molecular formula is C24H29N7O4. The standard InChI is InChI=1S/C24H29N7O4/c1-2-34-24(33)13-5-7-30(8-6-13)22-16(11-25)18-15-10-17(32)31(12-14-4-3-9-35-14)23(15)29-21(27)19(18)20(26)28-22/h13-14H,2-10,12H2,1H3,(H2,26,28)(H2,27,29). The Morgan fingerprint density at radius 1 is 1.17 bits per heavy atom. The number of esters is 1. The van der Waals surface area contributed by atoms with Crippen LogP contribution in [-0.2, 0) is 25.5 Å². The summed E-state index contributed by atoms with van der Waals surface area (Å²) in [7, 11) is 0. The van der Waals surface area contributed by atoms with E-state index in [1.54, 1.807) is 11.8 Å². The van der Waals surface area contributed by atoms with Gasteiger partial charge in [0.05, 0.1) is 37.0 Å². The van der Waals surface area contributed by atoms with E-state index in [1.807, 2.05) is 4.90 Å². The van der Waals surface area contributed by atoms with Crippen LogP contribution in [0, 0.1) is 17.2 Å². The summed E-state index contributed by atoms with van der Waals surface area (Å²) in [6.45, 7) is 4.29. The Kier molecular flexibility index (Phi) is 6.06. The van der Waals surface area contributed by atoms with Crippen LogP contribution in [0.1, 0.15) is 43.7 Å². The minimum atomic E-state index is -0.194. The summed E-state index contributed by atoms with van der Waals surface area (Å²) in [5.74, 6) is 0.732. The van der Waals surface area contributed by atoms with E-state index in [0.717, 1.165) is 12.8 Å². The molecule has 0 spiro atoms. The van der Waals surface area contributed by atoms with Crippen molar-refractivity contribution in [1.29, 1.82) is 5.26 Å². The van der Waals surface area contributed by atoms with Crippen LogP contribution in [0.2, 0.25) is 0 Å². The number of piperidine rings is 1. The van der Waals surface area contributed by atoms with Crippen molar-refractivity contribution in [1.82, 2.24) is 9.97 Å². The van der Waals surface area contributed by atoms with Gasteiger partial charge in [0.2, 0.25) is 5.91 Å². The van der Waals surface area contributed by atoms with Gasteiger partial charge in [0.1, 0.15) is 34.9 Å². The SMILES string of the molecule is CCOC(=O)C1CCN(c2nc(N)c3c(N)nc4c(c3c2C#N)CC(=O)N4CC2CCCO2)CC1. The van der Waals surface area contributed by atoms with E-state index in [9.17, 15) is 14.9 Å². The topological polar surface area (TPSA) is 161 Å². The maximum absolute atomic E-state index is 13.0. The number of carbonyl (C=O) groups is 2. The molecule has 11 nitrogen and oxygen atoms in total. The van der Waals surface area contributed by atoms with Crippen LogP contribution in [0.5, 0.6) is 0 Å². The summed E-state index contributed by atoms with van der Waals surface area (Å²) < 4.78 is 10.9. The smallest absolute Gasteiger partial charge is 0.309 e. The first-order valence-corrected chi connectivity index (χ1v) is 12.1. The number of hydrogen-bond donors (Lipinski definition) is 2. The van der Waals surface area contributed by atoms with Crippen molar-refractivity contribution >= 4 is 45.9 Å². The molecule has 184 valence electrons. The van der Waals surface area contributed by atoms with Crippen LogP contribution in [0.3, 0.4) is 0 Å². The Morgan fingerprint density at radius 2 is 1.89 bits per heavy atom. The maximum Gasteiger partial charge on any atom is 0.309 e. The third kappa shape index (κ3) is 3.97. The van der Waals surface area contributed by atoms with Gasteiger partial charge < -0.3 is 25.8 Å². The molecule has 0 radical (unpaired) electrons. The number of nitrogen functional groups attached to an aromatic ring is 2. The number of pyridine rings is 2. The molecule has 1 unspecified atom stereocenters. The predicted molar refractivity (Wildman–Crippen MR) is 130 cm³/mol. The lowest BCUT2D eigenvalue weighted by atomic mass is 9.95. The summed E-state index contributed by atoms with van der Waals surface area (Å²) in [5, 5.41) is 11.2. The zero-order valence-electron chi connectivity index (χ0n) is 19.7.